The number of thioether (sulfide) groups is 1. The molecule has 1 unspecified atom stereocenters. The van der Waals surface area contributed by atoms with Crippen molar-refractivity contribution in [2.45, 2.75) is 11.3 Å². The van der Waals surface area contributed by atoms with Crippen LogP contribution in [0.5, 0.6) is 0 Å². The van der Waals surface area contributed by atoms with Crippen molar-refractivity contribution in [3.8, 4) is 0 Å². The molecule has 1 heterocycles. The SMILES string of the molecule is CNc1ccc(S(=O)(=O)NCC2CCSC2)cc1[N+](=O)[O-]. The third-order valence-corrected chi connectivity index (χ3v) is 5.98. The highest BCUT2D eigenvalue weighted by atomic mass is 32.2. The number of nitro benzene ring substituents is 1. The van der Waals surface area contributed by atoms with E-state index in [4.69, 9.17) is 0 Å². The van der Waals surface area contributed by atoms with Gasteiger partial charge in [-0.2, -0.15) is 11.8 Å². The van der Waals surface area contributed by atoms with Crippen molar-refractivity contribution in [3.05, 3.63) is 28.3 Å². The van der Waals surface area contributed by atoms with Crippen molar-refractivity contribution in [1.82, 2.24) is 4.72 Å². The number of nitro groups is 1. The second kappa shape index (κ2) is 6.63. The lowest BCUT2D eigenvalue weighted by molar-refractivity contribution is -0.384. The molecular weight excluding hydrogens is 314 g/mol. The molecule has 21 heavy (non-hydrogen) atoms. The van der Waals surface area contributed by atoms with Crippen LogP contribution in [0.2, 0.25) is 0 Å². The molecule has 0 aliphatic carbocycles. The van der Waals surface area contributed by atoms with Gasteiger partial charge in [0.15, 0.2) is 0 Å². The molecule has 1 atom stereocenters. The van der Waals surface area contributed by atoms with Gasteiger partial charge in [-0.05, 0) is 36.0 Å². The maximum atomic E-state index is 12.2. The molecule has 1 saturated heterocycles. The number of hydrogen-bond acceptors (Lipinski definition) is 6. The average molecular weight is 331 g/mol. The van der Waals surface area contributed by atoms with E-state index in [2.05, 4.69) is 10.0 Å². The Bertz CT molecular complexity index is 627. The number of nitrogens with zero attached hydrogens (tertiary/aromatic N) is 1. The summed E-state index contributed by atoms with van der Waals surface area (Å²) < 4.78 is 26.9. The Kier molecular flexibility index (Phi) is 5.07. The van der Waals surface area contributed by atoms with Crippen molar-refractivity contribution in [2.75, 3.05) is 30.4 Å². The summed E-state index contributed by atoms with van der Waals surface area (Å²) >= 11 is 1.81. The molecule has 0 saturated carbocycles. The summed E-state index contributed by atoms with van der Waals surface area (Å²) in [7, 11) is -2.17. The molecule has 0 radical (unpaired) electrons. The van der Waals surface area contributed by atoms with E-state index in [1.807, 2.05) is 11.8 Å². The van der Waals surface area contributed by atoms with Crippen LogP contribution < -0.4 is 10.0 Å². The fourth-order valence-electron chi connectivity index (χ4n) is 2.10. The molecule has 0 aromatic heterocycles. The number of anilines is 1. The molecule has 7 nitrogen and oxygen atoms in total. The van der Waals surface area contributed by atoms with Crippen molar-refractivity contribution >= 4 is 33.2 Å². The monoisotopic (exact) mass is 331 g/mol. The number of hydrogen-bond donors (Lipinski definition) is 2. The normalized spacial score (nSPS) is 18.6. The molecule has 1 aliphatic rings. The zero-order chi connectivity index (χ0) is 15.5. The largest absolute Gasteiger partial charge is 0.383 e. The van der Waals surface area contributed by atoms with E-state index in [1.54, 1.807) is 7.05 Å². The number of benzene rings is 1. The average Bonchev–Trinajstić information content (AvgIpc) is 2.97. The fourth-order valence-corrected chi connectivity index (χ4v) is 4.52. The van der Waals surface area contributed by atoms with Gasteiger partial charge in [-0.25, -0.2) is 13.1 Å². The van der Waals surface area contributed by atoms with Crippen LogP contribution >= 0.6 is 11.8 Å². The highest BCUT2D eigenvalue weighted by molar-refractivity contribution is 7.99. The van der Waals surface area contributed by atoms with Gasteiger partial charge in [0.1, 0.15) is 5.69 Å². The van der Waals surface area contributed by atoms with E-state index in [0.717, 1.165) is 24.0 Å². The van der Waals surface area contributed by atoms with Crippen LogP contribution in [0.25, 0.3) is 0 Å². The zero-order valence-corrected chi connectivity index (χ0v) is 13.2. The Morgan fingerprint density at radius 1 is 1.48 bits per heavy atom. The van der Waals surface area contributed by atoms with Crippen LogP contribution in [0.1, 0.15) is 6.42 Å². The highest BCUT2D eigenvalue weighted by Gasteiger charge is 2.23. The summed E-state index contributed by atoms with van der Waals surface area (Å²) in [6.45, 7) is 0.372. The van der Waals surface area contributed by atoms with Crippen LogP contribution in [-0.4, -0.2) is 38.4 Å². The van der Waals surface area contributed by atoms with E-state index in [9.17, 15) is 18.5 Å². The third kappa shape index (κ3) is 3.86. The summed E-state index contributed by atoms with van der Waals surface area (Å²) in [6.07, 6.45) is 0.992. The highest BCUT2D eigenvalue weighted by Crippen LogP contribution is 2.27. The van der Waals surface area contributed by atoms with E-state index < -0.39 is 14.9 Å². The smallest absolute Gasteiger partial charge is 0.293 e. The Labute approximate surface area is 127 Å². The van der Waals surface area contributed by atoms with E-state index in [-0.39, 0.29) is 16.3 Å². The van der Waals surface area contributed by atoms with Crippen LogP contribution in [0, 0.1) is 16.0 Å². The Morgan fingerprint density at radius 2 is 2.24 bits per heavy atom. The van der Waals surface area contributed by atoms with Gasteiger partial charge in [0.2, 0.25) is 10.0 Å². The summed E-state index contributed by atoms with van der Waals surface area (Å²) in [5.74, 6) is 2.33. The Hall–Kier alpha value is -1.32. The number of sulfonamides is 1. The van der Waals surface area contributed by atoms with E-state index in [1.165, 1.54) is 12.1 Å². The summed E-state index contributed by atoms with van der Waals surface area (Å²) in [6, 6.07) is 3.85. The quantitative estimate of drug-likeness (QED) is 0.607. The molecule has 2 rings (SSSR count). The van der Waals surface area contributed by atoms with Gasteiger partial charge in [-0.1, -0.05) is 0 Å². The first-order chi connectivity index (χ1) is 9.94. The standard InChI is InChI=1S/C12H17N3O4S2/c1-13-11-3-2-10(6-12(11)15(16)17)21(18,19)14-7-9-4-5-20-8-9/h2-3,6,9,13-14H,4-5,7-8H2,1H3. The first-order valence-corrected chi connectivity index (χ1v) is 9.11. The minimum atomic E-state index is -3.72. The van der Waals surface area contributed by atoms with E-state index in [0.29, 0.717) is 12.5 Å². The second-order valence-corrected chi connectivity index (χ2v) is 7.68. The lowest BCUT2D eigenvalue weighted by Crippen LogP contribution is -2.29. The molecule has 0 bridgehead atoms. The third-order valence-electron chi connectivity index (χ3n) is 3.33. The molecule has 9 heteroatoms. The van der Waals surface area contributed by atoms with Crippen LogP contribution in [0.3, 0.4) is 0 Å². The van der Waals surface area contributed by atoms with Gasteiger partial charge >= 0.3 is 0 Å². The predicted molar refractivity (Wildman–Crippen MR) is 83.3 cm³/mol. The molecule has 1 aliphatic heterocycles. The fraction of sp³-hybridized carbons (Fsp3) is 0.500. The molecule has 1 aromatic carbocycles. The number of nitrogens with one attached hydrogen (secondary N) is 2. The van der Waals surface area contributed by atoms with Crippen LogP contribution in [0.15, 0.2) is 23.1 Å². The summed E-state index contributed by atoms with van der Waals surface area (Å²) in [5, 5.41) is 13.6. The maximum Gasteiger partial charge on any atom is 0.293 e. The Morgan fingerprint density at radius 3 is 2.81 bits per heavy atom. The van der Waals surface area contributed by atoms with Crippen molar-refractivity contribution in [3.63, 3.8) is 0 Å². The Balaban J connectivity index is 2.18. The summed E-state index contributed by atoms with van der Waals surface area (Å²) in [4.78, 5) is 10.3. The van der Waals surface area contributed by atoms with Gasteiger partial charge in [-0.15, -0.1) is 0 Å². The molecule has 0 amide bonds. The van der Waals surface area contributed by atoms with Gasteiger partial charge in [-0.3, -0.25) is 10.1 Å². The zero-order valence-electron chi connectivity index (χ0n) is 11.5. The number of rotatable bonds is 6. The second-order valence-electron chi connectivity index (χ2n) is 4.77. The minimum Gasteiger partial charge on any atom is -0.383 e. The molecule has 2 N–H and O–H groups in total. The molecule has 1 fully saturated rings. The van der Waals surface area contributed by atoms with Crippen LogP contribution in [0.4, 0.5) is 11.4 Å². The first-order valence-electron chi connectivity index (χ1n) is 6.47. The van der Waals surface area contributed by atoms with Crippen molar-refractivity contribution in [1.29, 1.82) is 0 Å². The van der Waals surface area contributed by atoms with Crippen molar-refractivity contribution < 1.29 is 13.3 Å². The lowest BCUT2D eigenvalue weighted by atomic mass is 10.1. The van der Waals surface area contributed by atoms with Crippen LogP contribution in [-0.2, 0) is 10.0 Å². The first kappa shape index (κ1) is 16.1. The van der Waals surface area contributed by atoms with Crippen molar-refractivity contribution in [2.24, 2.45) is 5.92 Å². The minimum absolute atomic E-state index is 0.0844. The van der Waals surface area contributed by atoms with Gasteiger partial charge in [0.05, 0.1) is 9.82 Å². The molecule has 0 spiro atoms. The summed E-state index contributed by atoms with van der Waals surface area (Å²) in [5.41, 5.74) is 0.0305. The van der Waals surface area contributed by atoms with Gasteiger partial charge < -0.3 is 5.32 Å². The molecule has 1 aromatic rings. The molecule has 116 valence electrons. The molecular formula is C12H17N3O4S2. The topological polar surface area (TPSA) is 101 Å². The van der Waals surface area contributed by atoms with Gasteiger partial charge in [0.25, 0.3) is 5.69 Å². The maximum absolute atomic E-state index is 12.2. The van der Waals surface area contributed by atoms with Gasteiger partial charge in [0, 0.05) is 19.7 Å². The predicted octanol–water partition coefficient (Wildman–Crippen LogP) is 1.67. The lowest BCUT2D eigenvalue weighted by Gasteiger charge is -2.11. The van der Waals surface area contributed by atoms with E-state index >= 15 is 0 Å².